The Morgan fingerprint density at radius 2 is 1.95 bits per heavy atom. The standard InChI is InChI=1S/C15H19FN2O2/c1-9(2)17-15(20)12-8-13(19)18(3)14(12)10-4-6-11(16)7-5-10/h4-7,9,12,14H,8H2,1-3H3,(H,17,20)/t12-,14-/m1/s1. The third-order valence-corrected chi connectivity index (χ3v) is 3.57. The lowest BCUT2D eigenvalue weighted by molar-refractivity contribution is -0.128. The zero-order valence-electron chi connectivity index (χ0n) is 11.9. The van der Waals surface area contributed by atoms with Crippen molar-refractivity contribution in [1.29, 1.82) is 0 Å². The highest BCUT2D eigenvalue weighted by atomic mass is 19.1. The fraction of sp³-hybridized carbons (Fsp3) is 0.467. The fourth-order valence-electron chi connectivity index (χ4n) is 2.61. The Morgan fingerprint density at radius 3 is 2.50 bits per heavy atom. The minimum Gasteiger partial charge on any atom is -0.354 e. The first-order valence-electron chi connectivity index (χ1n) is 6.71. The summed E-state index contributed by atoms with van der Waals surface area (Å²) in [7, 11) is 1.68. The van der Waals surface area contributed by atoms with Gasteiger partial charge in [0, 0.05) is 19.5 Å². The zero-order chi connectivity index (χ0) is 14.9. The number of benzene rings is 1. The van der Waals surface area contributed by atoms with E-state index in [1.807, 2.05) is 13.8 Å². The van der Waals surface area contributed by atoms with E-state index < -0.39 is 5.92 Å². The molecule has 2 rings (SSSR count). The second-order valence-electron chi connectivity index (χ2n) is 5.47. The topological polar surface area (TPSA) is 49.4 Å². The van der Waals surface area contributed by atoms with Crippen LogP contribution in [0.3, 0.4) is 0 Å². The van der Waals surface area contributed by atoms with E-state index in [9.17, 15) is 14.0 Å². The largest absolute Gasteiger partial charge is 0.354 e. The van der Waals surface area contributed by atoms with Crippen LogP contribution in [0.2, 0.25) is 0 Å². The molecule has 20 heavy (non-hydrogen) atoms. The monoisotopic (exact) mass is 278 g/mol. The van der Waals surface area contributed by atoms with Crippen molar-refractivity contribution in [3.8, 4) is 0 Å². The molecule has 2 amide bonds. The van der Waals surface area contributed by atoms with E-state index in [4.69, 9.17) is 0 Å². The van der Waals surface area contributed by atoms with Crippen LogP contribution >= 0.6 is 0 Å². The summed E-state index contributed by atoms with van der Waals surface area (Å²) in [5.41, 5.74) is 0.781. The molecule has 1 aromatic rings. The molecule has 1 fully saturated rings. The molecule has 1 saturated heterocycles. The van der Waals surface area contributed by atoms with Gasteiger partial charge < -0.3 is 10.2 Å². The molecular weight excluding hydrogens is 259 g/mol. The van der Waals surface area contributed by atoms with Crippen molar-refractivity contribution in [1.82, 2.24) is 10.2 Å². The first-order valence-corrected chi connectivity index (χ1v) is 6.71. The lowest BCUT2D eigenvalue weighted by Crippen LogP contribution is -2.38. The Morgan fingerprint density at radius 1 is 1.35 bits per heavy atom. The van der Waals surface area contributed by atoms with Gasteiger partial charge in [-0.3, -0.25) is 9.59 Å². The maximum atomic E-state index is 13.0. The highest BCUT2D eigenvalue weighted by molar-refractivity contribution is 5.90. The van der Waals surface area contributed by atoms with Gasteiger partial charge in [-0.2, -0.15) is 0 Å². The summed E-state index contributed by atoms with van der Waals surface area (Å²) in [6.45, 7) is 3.76. The molecule has 0 unspecified atom stereocenters. The molecule has 108 valence electrons. The molecule has 0 aromatic heterocycles. The third kappa shape index (κ3) is 2.81. The maximum Gasteiger partial charge on any atom is 0.226 e. The Balaban J connectivity index is 2.28. The number of hydrogen-bond donors (Lipinski definition) is 1. The molecule has 0 aliphatic carbocycles. The number of carbonyl (C=O) groups excluding carboxylic acids is 2. The normalized spacial score (nSPS) is 22.4. The van der Waals surface area contributed by atoms with Crippen molar-refractivity contribution in [3.05, 3.63) is 35.6 Å². The predicted molar refractivity (Wildman–Crippen MR) is 73.3 cm³/mol. The van der Waals surface area contributed by atoms with E-state index in [-0.39, 0.29) is 36.1 Å². The van der Waals surface area contributed by atoms with E-state index in [2.05, 4.69) is 5.32 Å². The average molecular weight is 278 g/mol. The lowest BCUT2D eigenvalue weighted by atomic mass is 9.92. The smallest absolute Gasteiger partial charge is 0.226 e. The van der Waals surface area contributed by atoms with Crippen LogP contribution < -0.4 is 5.32 Å². The molecule has 1 N–H and O–H groups in total. The summed E-state index contributed by atoms with van der Waals surface area (Å²) in [6, 6.07) is 5.65. The minimum atomic E-state index is -0.430. The molecule has 2 atom stereocenters. The Labute approximate surface area is 118 Å². The minimum absolute atomic E-state index is 0.0253. The number of nitrogens with zero attached hydrogens (tertiary/aromatic N) is 1. The van der Waals surface area contributed by atoms with Gasteiger partial charge in [0.2, 0.25) is 11.8 Å². The Hall–Kier alpha value is -1.91. The van der Waals surface area contributed by atoms with Crippen molar-refractivity contribution >= 4 is 11.8 Å². The fourth-order valence-corrected chi connectivity index (χ4v) is 2.61. The van der Waals surface area contributed by atoms with Crippen LogP contribution in [0.25, 0.3) is 0 Å². The van der Waals surface area contributed by atoms with E-state index in [1.54, 1.807) is 24.1 Å². The van der Waals surface area contributed by atoms with Crippen LogP contribution in [0, 0.1) is 11.7 Å². The molecule has 1 aromatic carbocycles. The molecule has 0 radical (unpaired) electrons. The molecule has 1 aliphatic heterocycles. The van der Waals surface area contributed by atoms with Crippen LogP contribution in [-0.2, 0) is 9.59 Å². The second-order valence-corrected chi connectivity index (χ2v) is 5.47. The van der Waals surface area contributed by atoms with Gasteiger partial charge in [0.05, 0.1) is 12.0 Å². The Bertz CT molecular complexity index is 513. The quantitative estimate of drug-likeness (QED) is 0.917. The van der Waals surface area contributed by atoms with Gasteiger partial charge in [-0.25, -0.2) is 4.39 Å². The summed E-state index contributed by atoms with van der Waals surface area (Å²) < 4.78 is 13.0. The van der Waals surface area contributed by atoms with Crippen molar-refractivity contribution in [2.75, 3.05) is 7.05 Å². The summed E-state index contributed by atoms with van der Waals surface area (Å²) >= 11 is 0. The first-order chi connectivity index (χ1) is 9.40. The number of halogens is 1. The number of carbonyl (C=O) groups is 2. The molecule has 0 bridgehead atoms. The van der Waals surface area contributed by atoms with Crippen LogP contribution in [0.15, 0.2) is 24.3 Å². The van der Waals surface area contributed by atoms with Crippen LogP contribution in [-0.4, -0.2) is 29.8 Å². The first kappa shape index (κ1) is 14.5. The summed E-state index contributed by atoms with van der Waals surface area (Å²) in [5.74, 6) is -0.959. The van der Waals surface area contributed by atoms with Gasteiger partial charge in [-0.15, -0.1) is 0 Å². The molecule has 0 spiro atoms. The van der Waals surface area contributed by atoms with E-state index in [0.29, 0.717) is 0 Å². The number of hydrogen-bond acceptors (Lipinski definition) is 2. The molecular formula is C15H19FN2O2. The van der Waals surface area contributed by atoms with E-state index in [1.165, 1.54) is 12.1 Å². The molecule has 5 heteroatoms. The lowest BCUT2D eigenvalue weighted by Gasteiger charge is -2.25. The maximum absolute atomic E-state index is 13.0. The number of rotatable bonds is 3. The molecule has 0 saturated carbocycles. The summed E-state index contributed by atoms with van der Waals surface area (Å²) in [6.07, 6.45) is 0.192. The zero-order valence-corrected chi connectivity index (χ0v) is 11.9. The van der Waals surface area contributed by atoms with Crippen LogP contribution in [0.1, 0.15) is 31.9 Å². The molecule has 1 heterocycles. The van der Waals surface area contributed by atoms with Gasteiger partial charge >= 0.3 is 0 Å². The number of amides is 2. The van der Waals surface area contributed by atoms with Crippen LogP contribution in [0.4, 0.5) is 4.39 Å². The van der Waals surface area contributed by atoms with Gasteiger partial charge in [-0.05, 0) is 31.5 Å². The molecule has 4 nitrogen and oxygen atoms in total. The van der Waals surface area contributed by atoms with E-state index >= 15 is 0 Å². The van der Waals surface area contributed by atoms with E-state index in [0.717, 1.165) is 5.56 Å². The van der Waals surface area contributed by atoms with Gasteiger partial charge in [0.1, 0.15) is 5.82 Å². The third-order valence-electron chi connectivity index (χ3n) is 3.57. The van der Waals surface area contributed by atoms with Crippen molar-refractivity contribution < 1.29 is 14.0 Å². The Kier molecular flexibility index (Phi) is 4.06. The van der Waals surface area contributed by atoms with Gasteiger partial charge in [0.15, 0.2) is 0 Å². The SMILES string of the molecule is CC(C)NC(=O)[C@@H]1CC(=O)N(C)[C@@H]1c1ccc(F)cc1. The number of nitrogens with one attached hydrogen (secondary N) is 1. The van der Waals surface area contributed by atoms with Crippen molar-refractivity contribution in [2.24, 2.45) is 5.92 Å². The van der Waals surface area contributed by atoms with Crippen molar-refractivity contribution in [2.45, 2.75) is 32.4 Å². The highest BCUT2D eigenvalue weighted by Gasteiger charge is 2.42. The average Bonchev–Trinajstić information content (AvgIpc) is 2.67. The summed E-state index contributed by atoms with van der Waals surface area (Å²) in [4.78, 5) is 25.7. The highest BCUT2D eigenvalue weighted by Crippen LogP contribution is 2.37. The van der Waals surface area contributed by atoms with Gasteiger partial charge in [-0.1, -0.05) is 12.1 Å². The summed E-state index contributed by atoms with van der Waals surface area (Å²) in [5, 5.41) is 2.85. The predicted octanol–water partition coefficient (Wildman–Crippen LogP) is 1.87. The number of likely N-dealkylation sites (tertiary alicyclic amines) is 1. The van der Waals surface area contributed by atoms with Crippen molar-refractivity contribution in [3.63, 3.8) is 0 Å². The van der Waals surface area contributed by atoms with Gasteiger partial charge in [0.25, 0.3) is 0 Å². The van der Waals surface area contributed by atoms with Crippen LogP contribution in [0.5, 0.6) is 0 Å². The second kappa shape index (κ2) is 5.61. The molecule has 1 aliphatic rings.